The standard InChI is InChI=1S/C7H12O2/c1-5(6(8)9)7(2)3-4-7/h5H,3-4H2,1-2H3,(H,8,9). The summed E-state index contributed by atoms with van der Waals surface area (Å²) >= 11 is 0. The van der Waals surface area contributed by atoms with E-state index in [1.807, 2.05) is 6.92 Å². The maximum atomic E-state index is 10.4. The molecule has 0 spiro atoms. The highest BCUT2D eigenvalue weighted by Gasteiger charge is 2.45. The van der Waals surface area contributed by atoms with Crippen LogP contribution in [0.15, 0.2) is 0 Å². The van der Waals surface area contributed by atoms with Crippen molar-refractivity contribution in [1.29, 1.82) is 0 Å². The third-order valence-corrected chi connectivity index (χ3v) is 2.45. The van der Waals surface area contributed by atoms with Crippen molar-refractivity contribution in [3.63, 3.8) is 0 Å². The molecule has 0 aromatic heterocycles. The van der Waals surface area contributed by atoms with Crippen LogP contribution in [-0.2, 0) is 4.79 Å². The number of rotatable bonds is 2. The summed E-state index contributed by atoms with van der Waals surface area (Å²) in [5.41, 5.74) is 0.131. The van der Waals surface area contributed by atoms with E-state index in [1.54, 1.807) is 6.92 Å². The molecule has 0 saturated heterocycles. The van der Waals surface area contributed by atoms with Gasteiger partial charge in [-0.1, -0.05) is 13.8 Å². The first kappa shape index (κ1) is 6.59. The minimum atomic E-state index is -0.657. The van der Waals surface area contributed by atoms with Crippen LogP contribution < -0.4 is 0 Å². The van der Waals surface area contributed by atoms with Crippen LogP contribution in [0.1, 0.15) is 26.7 Å². The molecule has 0 aliphatic heterocycles. The first-order valence-electron chi connectivity index (χ1n) is 3.29. The highest BCUT2D eigenvalue weighted by Crippen LogP contribution is 2.51. The summed E-state index contributed by atoms with van der Waals surface area (Å²) in [5, 5.41) is 8.56. The van der Waals surface area contributed by atoms with Crippen LogP contribution in [0, 0.1) is 11.3 Å². The summed E-state index contributed by atoms with van der Waals surface area (Å²) in [7, 11) is 0. The molecule has 1 saturated carbocycles. The largest absolute Gasteiger partial charge is 0.481 e. The van der Waals surface area contributed by atoms with E-state index >= 15 is 0 Å². The molecule has 0 aromatic rings. The van der Waals surface area contributed by atoms with Gasteiger partial charge in [0.05, 0.1) is 5.92 Å². The Kier molecular flexibility index (Phi) is 1.26. The van der Waals surface area contributed by atoms with Gasteiger partial charge in [0.1, 0.15) is 0 Å². The molecule has 0 radical (unpaired) electrons. The third-order valence-electron chi connectivity index (χ3n) is 2.45. The molecule has 52 valence electrons. The predicted molar refractivity (Wildman–Crippen MR) is 34.1 cm³/mol. The molecular weight excluding hydrogens is 116 g/mol. The maximum absolute atomic E-state index is 10.4. The fraction of sp³-hybridized carbons (Fsp3) is 0.857. The summed E-state index contributed by atoms with van der Waals surface area (Å²) in [5.74, 6) is -0.813. The van der Waals surface area contributed by atoms with Gasteiger partial charge in [-0.3, -0.25) is 4.79 Å². The third kappa shape index (κ3) is 1.07. The molecule has 2 heteroatoms. The van der Waals surface area contributed by atoms with Crippen molar-refractivity contribution in [3.8, 4) is 0 Å². The van der Waals surface area contributed by atoms with Gasteiger partial charge in [0.2, 0.25) is 0 Å². The zero-order chi connectivity index (χ0) is 7.07. The van der Waals surface area contributed by atoms with Crippen molar-refractivity contribution in [1.82, 2.24) is 0 Å². The number of hydrogen-bond donors (Lipinski definition) is 1. The molecule has 1 aliphatic rings. The van der Waals surface area contributed by atoms with E-state index < -0.39 is 5.97 Å². The van der Waals surface area contributed by atoms with E-state index in [0.29, 0.717) is 0 Å². The Morgan fingerprint density at radius 1 is 1.67 bits per heavy atom. The lowest BCUT2D eigenvalue weighted by atomic mass is 9.93. The highest BCUT2D eigenvalue weighted by molar-refractivity contribution is 5.71. The van der Waals surface area contributed by atoms with E-state index in [1.165, 1.54) is 0 Å². The second-order valence-electron chi connectivity index (χ2n) is 3.21. The lowest BCUT2D eigenvalue weighted by Gasteiger charge is -2.11. The number of carboxylic acid groups (broad SMARTS) is 1. The summed E-state index contributed by atoms with van der Waals surface area (Å²) in [6.45, 7) is 3.82. The fourth-order valence-corrected chi connectivity index (χ4v) is 0.928. The van der Waals surface area contributed by atoms with Crippen LogP contribution in [0.2, 0.25) is 0 Å². The molecule has 2 nitrogen and oxygen atoms in total. The van der Waals surface area contributed by atoms with Crippen LogP contribution in [-0.4, -0.2) is 11.1 Å². The van der Waals surface area contributed by atoms with Crippen molar-refractivity contribution >= 4 is 5.97 Å². The van der Waals surface area contributed by atoms with Gasteiger partial charge < -0.3 is 5.11 Å². The molecule has 1 atom stereocenters. The van der Waals surface area contributed by atoms with Crippen LogP contribution in [0.4, 0.5) is 0 Å². The molecule has 0 amide bonds. The van der Waals surface area contributed by atoms with Crippen LogP contribution in [0.25, 0.3) is 0 Å². The van der Waals surface area contributed by atoms with Gasteiger partial charge in [-0.2, -0.15) is 0 Å². The SMILES string of the molecule is CC(C(=O)O)C1(C)CC1. The lowest BCUT2D eigenvalue weighted by Crippen LogP contribution is -2.18. The van der Waals surface area contributed by atoms with E-state index in [-0.39, 0.29) is 11.3 Å². The minimum Gasteiger partial charge on any atom is -0.481 e. The summed E-state index contributed by atoms with van der Waals surface area (Å²) < 4.78 is 0. The van der Waals surface area contributed by atoms with Gasteiger partial charge in [-0.15, -0.1) is 0 Å². The first-order chi connectivity index (χ1) is 4.06. The quantitative estimate of drug-likeness (QED) is 0.612. The monoisotopic (exact) mass is 128 g/mol. The van der Waals surface area contributed by atoms with Gasteiger partial charge >= 0.3 is 5.97 Å². The normalized spacial score (nSPS) is 25.1. The molecule has 9 heavy (non-hydrogen) atoms. The molecule has 0 aromatic carbocycles. The summed E-state index contributed by atoms with van der Waals surface area (Å²) in [6, 6.07) is 0. The van der Waals surface area contributed by atoms with Crippen molar-refractivity contribution in [2.75, 3.05) is 0 Å². The van der Waals surface area contributed by atoms with E-state index in [4.69, 9.17) is 5.11 Å². The van der Waals surface area contributed by atoms with Gasteiger partial charge in [-0.05, 0) is 18.3 Å². The molecule has 0 heterocycles. The number of aliphatic carboxylic acids is 1. The maximum Gasteiger partial charge on any atom is 0.306 e. The lowest BCUT2D eigenvalue weighted by molar-refractivity contribution is -0.143. The van der Waals surface area contributed by atoms with Gasteiger partial charge in [-0.25, -0.2) is 0 Å². The Balaban J connectivity index is 2.52. The van der Waals surface area contributed by atoms with Crippen molar-refractivity contribution in [3.05, 3.63) is 0 Å². The Morgan fingerprint density at radius 3 is 2.22 bits per heavy atom. The average Bonchev–Trinajstić information content (AvgIpc) is 2.47. The Morgan fingerprint density at radius 2 is 2.11 bits per heavy atom. The van der Waals surface area contributed by atoms with Crippen molar-refractivity contribution < 1.29 is 9.90 Å². The second-order valence-corrected chi connectivity index (χ2v) is 3.21. The van der Waals surface area contributed by atoms with Crippen LogP contribution in [0.5, 0.6) is 0 Å². The van der Waals surface area contributed by atoms with E-state index in [9.17, 15) is 4.79 Å². The van der Waals surface area contributed by atoms with Crippen LogP contribution in [0.3, 0.4) is 0 Å². The molecule has 1 unspecified atom stereocenters. The first-order valence-corrected chi connectivity index (χ1v) is 3.29. The second kappa shape index (κ2) is 1.72. The molecule has 0 bridgehead atoms. The Bertz CT molecular complexity index is 136. The average molecular weight is 128 g/mol. The summed E-state index contributed by atoms with van der Waals surface area (Å²) in [4.78, 5) is 10.4. The highest BCUT2D eigenvalue weighted by atomic mass is 16.4. The van der Waals surface area contributed by atoms with Crippen molar-refractivity contribution in [2.24, 2.45) is 11.3 Å². The Hall–Kier alpha value is -0.530. The number of carbonyl (C=O) groups is 1. The summed E-state index contributed by atoms with van der Waals surface area (Å²) in [6.07, 6.45) is 2.17. The van der Waals surface area contributed by atoms with Gasteiger partial charge in [0, 0.05) is 0 Å². The zero-order valence-corrected chi connectivity index (χ0v) is 5.85. The molecule has 1 fully saturated rings. The topological polar surface area (TPSA) is 37.3 Å². The van der Waals surface area contributed by atoms with E-state index in [2.05, 4.69) is 0 Å². The minimum absolute atomic E-state index is 0.131. The fourth-order valence-electron chi connectivity index (χ4n) is 0.928. The molecule has 1 rings (SSSR count). The van der Waals surface area contributed by atoms with Crippen LogP contribution >= 0.6 is 0 Å². The van der Waals surface area contributed by atoms with E-state index in [0.717, 1.165) is 12.8 Å². The predicted octanol–water partition coefficient (Wildman–Crippen LogP) is 1.51. The molecular formula is C7H12O2. The number of hydrogen-bond acceptors (Lipinski definition) is 1. The van der Waals surface area contributed by atoms with Crippen molar-refractivity contribution in [2.45, 2.75) is 26.7 Å². The number of carboxylic acids is 1. The smallest absolute Gasteiger partial charge is 0.306 e. The molecule has 1 N–H and O–H groups in total. The molecule has 1 aliphatic carbocycles. The zero-order valence-electron chi connectivity index (χ0n) is 5.85. The van der Waals surface area contributed by atoms with Gasteiger partial charge in [0.15, 0.2) is 0 Å². The van der Waals surface area contributed by atoms with Gasteiger partial charge in [0.25, 0.3) is 0 Å². The Labute approximate surface area is 54.9 Å².